The van der Waals surface area contributed by atoms with Gasteiger partial charge in [-0.1, -0.05) is 22.0 Å². The molecule has 88 valence electrons. The number of rotatable bonds is 6. The first kappa shape index (κ1) is 13.0. The number of carbonyl (C=O) groups is 1. The first-order valence-electron chi connectivity index (χ1n) is 4.94. The average molecular weight is 288 g/mol. The molecule has 0 amide bonds. The summed E-state index contributed by atoms with van der Waals surface area (Å²) in [5.41, 5.74) is 0. The van der Waals surface area contributed by atoms with Crippen molar-refractivity contribution in [3.05, 3.63) is 28.7 Å². The van der Waals surface area contributed by atoms with E-state index >= 15 is 0 Å². The van der Waals surface area contributed by atoms with Crippen LogP contribution in [0.5, 0.6) is 5.75 Å². The monoisotopic (exact) mass is 287 g/mol. The van der Waals surface area contributed by atoms with E-state index in [1.165, 1.54) is 0 Å². The van der Waals surface area contributed by atoms with Crippen molar-refractivity contribution in [1.29, 1.82) is 0 Å². The molecule has 0 unspecified atom stereocenters. The maximum atomic E-state index is 10.5. The standard InChI is InChI=1S/C11H14BrNO3/c1-8(11(14)15)13-5-6-16-10-4-2-3-9(12)7-10/h2-4,7-8,13H,5-6H2,1H3,(H,14,15)/t8-/m0/s1. The fourth-order valence-electron chi connectivity index (χ4n) is 1.09. The highest BCUT2D eigenvalue weighted by atomic mass is 79.9. The van der Waals surface area contributed by atoms with Crippen molar-refractivity contribution in [2.75, 3.05) is 13.2 Å². The minimum Gasteiger partial charge on any atom is -0.492 e. The highest BCUT2D eigenvalue weighted by Crippen LogP contribution is 2.17. The van der Waals surface area contributed by atoms with Crippen LogP contribution in [-0.4, -0.2) is 30.3 Å². The minimum atomic E-state index is -0.859. The van der Waals surface area contributed by atoms with Gasteiger partial charge in [0.05, 0.1) is 0 Å². The number of nitrogens with one attached hydrogen (secondary N) is 1. The fraction of sp³-hybridized carbons (Fsp3) is 0.364. The molecule has 0 saturated heterocycles. The fourth-order valence-corrected chi connectivity index (χ4v) is 1.47. The van der Waals surface area contributed by atoms with Crippen LogP contribution in [0.3, 0.4) is 0 Å². The van der Waals surface area contributed by atoms with Crippen LogP contribution in [0.1, 0.15) is 6.92 Å². The lowest BCUT2D eigenvalue weighted by molar-refractivity contribution is -0.139. The molecule has 5 heteroatoms. The second kappa shape index (κ2) is 6.50. The van der Waals surface area contributed by atoms with E-state index in [0.717, 1.165) is 10.2 Å². The Morgan fingerprint density at radius 2 is 2.38 bits per heavy atom. The van der Waals surface area contributed by atoms with E-state index in [9.17, 15) is 4.79 Å². The van der Waals surface area contributed by atoms with Gasteiger partial charge in [0.25, 0.3) is 0 Å². The molecule has 1 rings (SSSR count). The molecule has 2 N–H and O–H groups in total. The molecule has 0 fully saturated rings. The number of aliphatic carboxylic acids is 1. The van der Waals surface area contributed by atoms with Gasteiger partial charge in [0.15, 0.2) is 0 Å². The molecular formula is C11H14BrNO3. The topological polar surface area (TPSA) is 58.6 Å². The summed E-state index contributed by atoms with van der Waals surface area (Å²) in [6.07, 6.45) is 0. The summed E-state index contributed by atoms with van der Waals surface area (Å²) in [7, 11) is 0. The summed E-state index contributed by atoms with van der Waals surface area (Å²) in [4.78, 5) is 10.5. The van der Waals surface area contributed by atoms with Crippen LogP contribution in [0.4, 0.5) is 0 Å². The van der Waals surface area contributed by atoms with Gasteiger partial charge in [0.1, 0.15) is 18.4 Å². The van der Waals surface area contributed by atoms with Gasteiger partial charge in [0, 0.05) is 11.0 Å². The normalized spacial score (nSPS) is 12.1. The molecule has 1 aromatic rings. The zero-order valence-electron chi connectivity index (χ0n) is 8.94. The maximum absolute atomic E-state index is 10.5. The maximum Gasteiger partial charge on any atom is 0.320 e. The van der Waals surface area contributed by atoms with Crippen molar-refractivity contribution in [3.63, 3.8) is 0 Å². The molecule has 0 radical (unpaired) electrons. The summed E-state index contributed by atoms with van der Waals surface area (Å²) < 4.78 is 6.39. The largest absolute Gasteiger partial charge is 0.492 e. The van der Waals surface area contributed by atoms with Gasteiger partial charge in [-0.25, -0.2) is 0 Å². The van der Waals surface area contributed by atoms with Crippen LogP contribution in [0, 0.1) is 0 Å². The highest BCUT2D eigenvalue weighted by molar-refractivity contribution is 9.10. The van der Waals surface area contributed by atoms with Crippen molar-refractivity contribution in [3.8, 4) is 5.75 Å². The Kier molecular flexibility index (Phi) is 5.28. The molecule has 0 aromatic heterocycles. The summed E-state index contributed by atoms with van der Waals surface area (Å²) in [6, 6.07) is 6.96. The summed E-state index contributed by atoms with van der Waals surface area (Å²) in [5, 5.41) is 11.5. The van der Waals surface area contributed by atoms with Gasteiger partial charge < -0.3 is 15.2 Å². The molecule has 0 saturated carbocycles. The Balaban J connectivity index is 2.23. The van der Waals surface area contributed by atoms with Crippen LogP contribution >= 0.6 is 15.9 Å². The van der Waals surface area contributed by atoms with E-state index in [0.29, 0.717) is 13.2 Å². The van der Waals surface area contributed by atoms with E-state index < -0.39 is 12.0 Å². The lowest BCUT2D eigenvalue weighted by Gasteiger charge is -2.10. The SMILES string of the molecule is C[C@H](NCCOc1cccc(Br)c1)C(=O)O. The van der Waals surface area contributed by atoms with E-state index in [1.807, 2.05) is 24.3 Å². The Labute approximate surface area is 103 Å². The molecule has 4 nitrogen and oxygen atoms in total. The Bertz CT molecular complexity index is 357. The molecule has 0 aliphatic carbocycles. The molecule has 1 aromatic carbocycles. The van der Waals surface area contributed by atoms with Gasteiger partial charge in [-0.05, 0) is 25.1 Å². The Hall–Kier alpha value is -1.07. The number of hydrogen-bond donors (Lipinski definition) is 2. The van der Waals surface area contributed by atoms with Crippen molar-refractivity contribution >= 4 is 21.9 Å². The summed E-state index contributed by atoms with van der Waals surface area (Å²) in [6.45, 7) is 2.54. The number of ether oxygens (including phenoxy) is 1. The average Bonchev–Trinajstić information content (AvgIpc) is 2.24. The van der Waals surface area contributed by atoms with Crippen molar-refractivity contribution < 1.29 is 14.6 Å². The van der Waals surface area contributed by atoms with E-state index in [4.69, 9.17) is 9.84 Å². The molecule has 0 aliphatic heterocycles. The third kappa shape index (κ3) is 4.63. The quantitative estimate of drug-likeness (QED) is 0.785. The molecule has 0 spiro atoms. The Morgan fingerprint density at radius 1 is 1.62 bits per heavy atom. The first-order valence-corrected chi connectivity index (χ1v) is 5.73. The molecule has 0 bridgehead atoms. The number of carboxylic acid groups (broad SMARTS) is 1. The lowest BCUT2D eigenvalue weighted by atomic mass is 10.3. The van der Waals surface area contributed by atoms with Crippen LogP contribution in [0.15, 0.2) is 28.7 Å². The summed E-state index contributed by atoms with van der Waals surface area (Å²) >= 11 is 3.34. The zero-order valence-corrected chi connectivity index (χ0v) is 10.5. The predicted molar refractivity (Wildman–Crippen MR) is 64.7 cm³/mol. The van der Waals surface area contributed by atoms with Gasteiger partial charge in [0.2, 0.25) is 0 Å². The third-order valence-electron chi connectivity index (χ3n) is 1.99. The van der Waals surface area contributed by atoms with E-state index in [2.05, 4.69) is 21.2 Å². The number of hydrogen-bond acceptors (Lipinski definition) is 3. The van der Waals surface area contributed by atoms with Gasteiger partial charge in [-0.2, -0.15) is 0 Å². The number of halogens is 1. The third-order valence-corrected chi connectivity index (χ3v) is 2.48. The first-order chi connectivity index (χ1) is 7.59. The Morgan fingerprint density at radius 3 is 3.00 bits per heavy atom. The van der Waals surface area contributed by atoms with Crippen LogP contribution in [0.25, 0.3) is 0 Å². The van der Waals surface area contributed by atoms with Crippen LogP contribution in [0.2, 0.25) is 0 Å². The minimum absolute atomic E-state index is 0.439. The van der Waals surface area contributed by atoms with Crippen LogP contribution in [-0.2, 0) is 4.79 Å². The molecule has 0 aliphatic rings. The number of carboxylic acids is 1. The van der Waals surface area contributed by atoms with Crippen molar-refractivity contribution in [1.82, 2.24) is 5.32 Å². The smallest absolute Gasteiger partial charge is 0.320 e. The molecule has 16 heavy (non-hydrogen) atoms. The second-order valence-electron chi connectivity index (χ2n) is 3.32. The lowest BCUT2D eigenvalue weighted by Crippen LogP contribution is -2.36. The zero-order chi connectivity index (χ0) is 12.0. The van der Waals surface area contributed by atoms with E-state index in [1.54, 1.807) is 6.92 Å². The predicted octanol–water partition coefficient (Wildman–Crippen LogP) is 1.89. The van der Waals surface area contributed by atoms with Crippen molar-refractivity contribution in [2.24, 2.45) is 0 Å². The van der Waals surface area contributed by atoms with Crippen molar-refractivity contribution in [2.45, 2.75) is 13.0 Å². The number of benzene rings is 1. The van der Waals surface area contributed by atoms with Gasteiger partial charge in [-0.15, -0.1) is 0 Å². The van der Waals surface area contributed by atoms with Gasteiger partial charge in [-0.3, -0.25) is 4.79 Å². The van der Waals surface area contributed by atoms with Gasteiger partial charge >= 0.3 is 5.97 Å². The highest BCUT2D eigenvalue weighted by Gasteiger charge is 2.08. The molecule has 0 heterocycles. The molecule has 1 atom stereocenters. The second-order valence-corrected chi connectivity index (χ2v) is 4.24. The van der Waals surface area contributed by atoms with E-state index in [-0.39, 0.29) is 0 Å². The van der Waals surface area contributed by atoms with Crippen LogP contribution < -0.4 is 10.1 Å². The summed E-state index contributed by atoms with van der Waals surface area (Å²) in [5.74, 6) is -0.0957. The molecular weight excluding hydrogens is 274 g/mol.